The number of hydrogen-bond acceptors (Lipinski definition) is 8. The minimum atomic E-state index is -5.08. The van der Waals surface area contributed by atoms with Gasteiger partial charge >= 0.3 is 12.1 Å². The van der Waals surface area contributed by atoms with Crippen molar-refractivity contribution in [1.29, 1.82) is 0 Å². The third-order valence-electron chi connectivity index (χ3n) is 6.13. The van der Waals surface area contributed by atoms with Crippen molar-refractivity contribution in [2.75, 3.05) is 23.7 Å². The van der Waals surface area contributed by atoms with Crippen LogP contribution in [0.2, 0.25) is 0 Å². The van der Waals surface area contributed by atoms with Crippen molar-refractivity contribution in [1.82, 2.24) is 25.1 Å². The van der Waals surface area contributed by atoms with E-state index < -0.39 is 12.1 Å². The molecule has 14 heteroatoms. The van der Waals surface area contributed by atoms with Crippen molar-refractivity contribution in [3.63, 3.8) is 0 Å². The molecule has 0 radical (unpaired) electrons. The number of nitrogens with zero attached hydrogens (tertiary/aromatic N) is 4. The van der Waals surface area contributed by atoms with Gasteiger partial charge in [0.1, 0.15) is 5.82 Å². The second-order valence-corrected chi connectivity index (χ2v) is 9.63. The van der Waals surface area contributed by atoms with Crippen LogP contribution in [-0.4, -0.2) is 67.2 Å². The molecule has 1 aliphatic rings. The van der Waals surface area contributed by atoms with Crippen molar-refractivity contribution < 1.29 is 33.0 Å². The summed E-state index contributed by atoms with van der Waals surface area (Å²) in [6, 6.07) is 6.15. The van der Waals surface area contributed by atoms with Crippen LogP contribution in [-0.2, 0) is 17.8 Å². The highest BCUT2D eigenvalue weighted by atomic mass is 19.4. The van der Waals surface area contributed by atoms with E-state index in [0.29, 0.717) is 37.8 Å². The van der Waals surface area contributed by atoms with Crippen molar-refractivity contribution in [2.24, 2.45) is 0 Å². The molecule has 3 aromatic rings. The number of aromatic nitrogens is 4. The highest BCUT2D eigenvalue weighted by Gasteiger charge is 2.38. The normalized spacial score (nSPS) is 13.8. The Labute approximate surface area is 229 Å². The molecule has 1 aromatic carbocycles. The van der Waals surface area contributed by atoms with E-state index in [1.165, 1.54) is 0 Å². The topological polar surface area (TPSA) is 154 Å². The number of halogens is 3. The number of benzene rings is 1. The molecule has 0 fully saturated rings. The Balaban J connectivity index is 0.000000559. The summed E-state index contributed by atoms with van der Waals surface area (Å²) < 4.78 is 33.6. The molecule has 0 aliphatic carbocycles. The Morgan fingerprint density at radius 3 is 2.58 bits per heavy atom. The summed E-state index contributed by atoms with van der Waals surface area (Å²) >= 11 is 0. The van der Waals surface area contributed by atoms with Crippen LogP contribution < -0.4 is 16.0 Å². The third-order valence-corrected chi connectivity index (χ3v) is 6.13. The number of carbonyl (C=O) groups excluding carboxylic acids is 1. The maximum Gasteiger partial charge on any atom is 0.490 e. The van der Waals surface area contributed by atoms with Crippen LogP contribution in [0.15, 0.2) is 24.4 Å². The summed E-state index contributed by atoms with van der Waals surface area (Å²) in [5.41, 5.74) is 3.56. The predicted octanol–water partition coefficient (Wildman–Crippen LogP) is 3.90. The number of anilines is 2. The van der Waals surface area contributed by atoms with Gasteiger partial charge in [-0.15, -0.1) is 0 Å². The number of alkyl halides is 3. The van der Waals surface area contributed by atoms with Gasteiger partial charge in [-0.3, -0.25) is 4.79 Å². The molecule has 3 heterocycles. The Bertz CT molecular complexity index is 1330. The van der Waals surface area contributed by atoms with Gasteiger partial charge in [0.05, 0.1) is 17.7 Å². The zero-order chi connectivity index (χ0) is 29.4. The van der Waals surface area contributed by atoms with Crippen LogP contribution in [0.1, 0.15) is 67.6 Å². The summed E-state index contributed by atoms with van der Waals surface area (Å²) in [7, 11) is 0. The lowest BCUT2D eigenvalue weighted by Crippen LogP contribution is -2.31. The summed E-state index contributed by atoms with van der Waals surface area (Å²) in [6.45, 7) is 7.99. The van der Waals surface area contributed by atoms with Crippen LogP contribution in [0.5, 0.6) is 0 Å². The summed E-state index contributed by atoms with van der Waals surface area (Å²) in [5, 5.41) is 32.1. The fraction of sp³-hybridized carbons (Fsp3) is 0.500. The quantitative estimate of drug-likeness (QED) is 0.246. The molecule has 0 saturated carbocycles. The van der Waals surface area contributed by atoms with Crippen LogP contribution in [0, 0.1) is 0 Å². The Hall–Kier alpha value is -3.94. The lowest BCUT2D eigenvalue weighted by atomic mass is 9.98. The average Bonchev–Trinajstić information content (AvgIpc) is 3.32. The monoisotopic (exact) mass is 565 g/mol. The average molecular weight is 566 g/mol. The second-order valence-electron chi connectivity index (χ2n) is 9.63. The number of carboxylic acids is 1. The highest BCUT2D eigenvalue weighted by molar-refractivity contribution is 5.96. The van der Waals surface area contributed by atoms with Crippen LogP contribution >= 0.6 is 0 Å². The van der Waals surface area contributed by atoms with E-state index in [1.807, 2.05) is 22.9 Å². The molecule has 218 valence electrons. The first-order chi connectivity index (χ1) is 18.9. The van der Waals surface area contributed by atoms with Gasteiger partial charge in [0.15, 0.2) is 5.65 Å². The number of hydrogen-bond donors (Lipinski definition) is 5. The summed E-state index contributed by atoms with van der Waals surface area (Å²) in [4.78, 5) is 30.5. The highest BCUT2D eigenvalue weighted by Crippen LogP contribution is 2.25. The third kappa shape index (κ3) is 8.04. The van der Waals surface area contributed by atoms with Gasteiger partial charge in [-0.25, -0.2) is 9.48 Å². The molecule has 1 atom stereocenters. The maximum atomic E-state index is 12.2. The van der Waals surface area contributed by atoms with Gasteiger partial charge < -0.3 is 26.2 Å². The van der Waals surface area contributed by atoms with Gasteiger partial charge in [-0.05, 0) is 50.3 Å². The predicted molar refractivity (Wildman–Crippen MR) is 143 cm³/mol. The molecule has 1 aliphatic heterocycles. The molecular formula is C26H34F3N7O4. The molecule has 11 nitrogen and oxygen atoms in total. The Morgan fingerprint density at radius 2 is 1.93 bits per heavy atom. The standard InChI is InChI=1S/C24H33N7O2.C2HF3O2/c1-4-5-18(32)9-11-25-21-20-14-28-31(15(2)3)22(20)30-24(29-21)27-13-16-6-7-17-8-10-26-23(33)19(17)12-16;3-2(4,5)1(6)7/h6-7,12,14-15,18,32H,4-5,8-11,13H2,1-3H3,(H,26,33)(H2,25,27,29,30);(H,6,7). The number of nitrogens with one attached hydrogen (secondary N) is 3. The van der Waals surface area contributed by atoms with Crippen molar-refractivity contribution in [3.05, 3.63) is 41.1 Å². The number of rotatable bonds is 10. The Morgan fingerprint density at radius 1 is 1.20 bits per heavy atom. The fourth-order valence-electron chi connectivity index (χ4n) is 4.10. The maximum absolute atomic E-state index is 12.2. The number of amides is 1. The summed E-state index contributed by atoms with van der Waals surface area (Å²) in [5.74, 6) is -1.59. The SMILES string of the molecule is CCCC(O)CCNc1nc(NCc2ccc3c(c2)C(=O)NCC3)nc2c1cnn2C(C)C.O=C(O)C(F)(F)F. The number of carbonyl (C=O) groups is 2. The second kappa shape index (κ2) is 13.4. The molecule has 5 N–H and O–H groups in total. The molecule has 0 bridgehead atoms. The molecule has 2 aromatic heterocycles. The lowest BCUT2D eigenvalue weighted by Gasteiger charge is -2.17. The van der Waals surface area contributed by atoms with E-state index in [9.17, 15) is 23.1 Å². The van der Waals surface area contributed by atoms with Gasteiger partial charge in [0.25, 0.3) is 5.91 Å². The van der Waals surface area contributed by atoms with Crippen molar-refractivity contribution in [3.8, 4) is 0 Å². The fourth-order valence-corrected chi connectivity index (χ4v) is 4.10. The van der Waals surface area contributed by atoms with Crippen LogP contribution in [0.25, 0.3) is 11.0 Å². The molecule has 0 saturated heterocycles. The smallest absolute Gasteiger partial charge is 0.475 e. The van der Waals surface area contributed by atoms with Gasteiger partial charge in [0.2, 0.25) is 5.95 Å². The number of carboxylic acid groups (broad SMARTS) is 1. The van der Waals surface area contributed by atoms with Crippen LogP contribution in [0.3, 0.4) is 0 Å². The molecule has 4 rings (SSSR count). The van der Waals surface area contributed by atoms with E-state index in [4.69, 9.17) is 14.9 Å². The minimum absolute atomic E-state index is 0.0200. The van der Waals surface area contributed by atoms with E-state index >= 15 is 0 Å². The minimum Gasteiger partial charge on any atom is -0.475 e. The van der Waals surface area contributed by atoms with E-state index in [1.54, 1.807) is 6.20 Å². The molecule has 0 spiro atoms. The van der Waals surface area contributed by atoms with E-state index in [0.717, 1.165) is 47.0 Å². The van der Waals surface area contributed by atoms with E-state index in [2.05, 4.69) is 46.8 Å². The number of aliphatic hydroxyl groups is 1. The van der Waals surface area contributed by atoms with Gasteiger partial charge in [-0.2, -0.15) is 28.2 Å². The molecule has 1 unspecified atom stereocenters. The molecular weight excluding hydrogens is 531 g/mol. The molecule has 1 amide bonds. The van der Waals surface area contributed by atoms with Gasteiger partial charge in [-0.1, -0.05) is 25.5 Å². The first-order valence-electron chi connectivity index (χ1n) is 13.0. The lowest BCUT2D eigenvalue weighted by molar-refractivity contribution is -0.192. The molecule has 40 heavy (non-hydrogen) atoms. The van der Waals surface area contributed by atoms with Gasteiger partial charge in [0, 0.05) is 31.2 Å². The number of aliphatic hydroxyl groups excluding tert-OH is 1. The number of aliphatic carboxylic acids is 1. The summed E-state index contributed by atoms with van der Waals surface area (Å²) in [6.07, 6.45) is -0.368. The largest absolute Gasteiger partial charge is 0.490 e. The van der Waals surface area contributed by atoms with Crippen molar-refractivity contribution >= 4 is 34.7 Å². The first-order valence-corrected chi connectivity index (χ1v) is 13.0. The first kappa shape index (κ1) is 30.6. The van der Waals surface area contributed by atoms with Crippen molar-refractivity contribution in [2.45, 2.75) is 71.3 Å². The Kier molecular flexibility index (Phi) is 10.3. The van der Waals surface area contributed by atoms with E-state index in [-0.39, 0.29) is 18.1 Å². The zero-order valence-corrected chi connectivity index (χ0v) is 22.5. The zero-order valence-electron chi connectivity index (χ0n) is 22.5. The van der Waals surface area contributed by atoms with Crippen LogP contribution in [0.4, 0.5) is 24.9 Å². The number of fused-ring (bicyclic) bond motifs is 2.